The lowest BCUT2D eigenvalue weighted by atomic mass is 10.1. The standard InChI is InChI=1S/C20H30N6O3/c1-5-21-20(24-15-6-7-19-23-13(2)25-26(19)12-15)22-11-18(27)14-8-16(28-3)10-17(9-14)29-4/h8-10,15,18,27H,5-7,11-12H2,1-4H3,(H2,21,22,24). The highest BCUT2D eigenvalue weighted by Crippen LogP contribution is 2.26. The molecule has 1 aliphatic heterocycles. The van der Waals surface area contributed by atoms with E-state index in [9.17, 15) is 5.11 Å². The smallest absolute Gasteiger partial charge is 0.191 e. The summed E-state index contributed by atoms with van der Waals surface area (Å²) in [6.45, 7) is 5.62. The number of hydrogen-bond donors (Lipinski definition) is 3. The van der Waals surface area contributed by atoms with Gasteiger partial charge in [-0.15, -0.1) is 0 Å². The van der Waals surface area contributed by atoms with E-state index in [1.54, 1.807) is 32.4 Å². The van der Waals surface area contributed by atoms with Gasteiger partial charge >= 0.3 is 0 Å². The zero-order chi connectivity index (χ0) is 20.8. The minimum Gasteiger partial charge on any atom is -0.497 e. The molecule has 9 heteroatoms. The molecule has 0 saturated heterocycles. The van der Waals surface area contributed by atoms with E-state index in [1.165, 1.54) is 0 Å². The monoisotopic (exact) mass is 402 g/mol. The van der Waals surface area contributed by atoms with Crippen molar-refractivity contribution in [3.63, 3.8) is 0 Å². The van der Waals surface area contributed by atoms with E-state index in [2.05, 4.69) is 25.7 Å². The number of rotatable bonds is 7. The number of ether oxygens (including phenoxy) is 2. The summed E-state index contributed by atoms with van der Waals surface area (Å²) in [5.41, 5.74) is 0.696. The Morgan fingerprint density at radius 3 is 2.69 bits per heavy atom. The molecule has 158 valence electrons. The first kappa shape index (κ1) is 20.9. The van der Waals surface area contributed by atoms with Crippen LogP contribution in [-0.4, -0.2) is 59.2 Å². The Hall–Kier alpha value is -2.81. The van der Waals surface area contributed by atoms with E-state index in [0.717, 1.165) is 37.6 Å². The highest BCUT2D eigenvalue weighted by molar-refractivity contribution is 5.80. The summed E-state index contributed by atoms with van der Waals surface area (Å²) in [5.74, 6) is 3.77. The third-order valence-electron chi connectivity index (χ3n) is 4.83. The van der Waals surface area contributed by atoms with Gasteiger partial charge in [-0.25, -0.2) is 9.67 Å². The number of aryl methyl sites for hydroxylation is 2. The van der Waals surface area contributed by atoms with Gasteiger partial charge in [0, 0.05) is 25.1 Å². The second kappa shape index (κ2) is 9.60. The summed E-state index contributed by atoms with van der Waals surface area (Å²) in [6, 6.07) is 5.56. The van der Waals surface area contributed by atoms with Gasteiger partial charge in [-0.2, -0.15) is 5.10 Å². The van der Waals surface area contributed by atoms with Crippen molar-refractivity contribution < 1.29 is 14.6 Å². The molecular formula is C20H30N6O3. The van der Waals surface area contributed by atoms with Gasteiger partial charge in [0.05, 0.1) is 33.4 Å². The van der Waals surface area contributed by atoms with Crippen molar-refractivity contribution in [3.05, 3.63) is 35.4 Å². The highest BCUT2D eigenvalue weighted by Gasteiger charge is 2.21. The summed E-state index contributed by atoms with van der Waals surface area (Å²) in [7, 11) is 3.17. The molecule has 0 saturated carbocycles. The normalized spacial score (nSPS) is 17.4. The number of nitrogens with zero attached hydrogens (tertiary/aromatic N) is 4. The number of guanidine groups is 1. The zero-order valence-electron chi connectivity index (χ0n) is 17.5. The van der Waals surface area contributed by atoms with Gasteiger partial charge < -0.3 is 25.2 Å². The minimum absolute atomic E-state index is 0.204. The molecule has 2 unspecified atom stereocenters. The number of aliphatic hydroxyl groups excluding tert-OH is 1. The minimum atomic E-state index is -0.773. The fraction of sp³-hybridized carbons (Fsp3) is 0.550. The molecular weight excluding hydrogens is 372 g/mol. The summed E-state index contributed by atoms with van der Waals surface area (Å²) in [4.78, 5) is 9.02. The van der Waals surface area contributed by atoms with Crippen molar-refractivity contribution >= 4 is 5.96 Å². The number of hydrogen-bond acceptors (Lipinski definition) is 6. The molecule has 2 atom stereocenters. The summed E-state index contributed by atoms with van der Waals surface area (Å²) in [6.07, 6.45) is 1.06. The molecule has 0 fully saturated rings. The van der Waals surface area contributed by atoms with Crippen molar-refractivity contribution in [2.75, 3.05) is 27.3 Å². The molecule has 1 aliphatic rings. The Labute approximate surface area is 171 Å². The van der Waals surface area contributed by atoms with Crippen molar-refractivity contribution in [2.24, 2.45) is 4.99 Å². The number of aliphatic hydroxyl groups is 1. The number of aromatic nitrogens is 3. The molecule has 0 bridgehead atoms. The fourth-order valence-corrected chi connectivity index (χ4v) is 3.37. The van der Waals surface area contributed by atoms with Gasteiger partial charge in [0.2, 0.25) is 0 Å². The van der Waals surface area contributed by atoms with Crippen molar-refractivity contribution in [3.8, 4) is 11.5 Å². The molecule has 9 nitrogen and oxygen atoms in total. The van der Waals surface area contributed by atoms with Crippen LogP contribution in [0.2, 0.25) is 0 Å². The van der Waals surface area contributed by atoms with Crippen LogP contribution in [0.15, 0.2) is 23.2 Å². The fourth-order valence-electron chi connectivity index (χ4n) is 3.37. The summed E-state index contributed by atoms with van der Waals surface area (Å²) >= 11 is 0. The Balaban J connectivity index is 1.66. The number of aliphatic imine (C=N–C) groups is 1. The maximum Gasteiger partial charge on any atom is 0.191 e. The molecule has 2 aromatic rings. The zero-order valence-corrected chi connectivity index (χ0v) is 17.5. The quantitative estimate of drug-likeness (QED) is 0.472. The first-order chi connectivity index (χ1) is 14.0. The molecule has 29 heavy (non-hydrogen) atoms. The number of methoxy groups -OCH3 is 2. The predicted octanol–water partition coefficient (Wildman–Crippen LogP) is 1.21. The van der Waals surface area contributed by atoms with Gasteiger partial charge in [-0.1, -0.05) is 0 Å². The molecule has 0 spiro atoms. The van der Waals surface area contributed by atoms with Gasteiger partial charge in [0.25, 0.3) is 0 Å². The van der Waals surface area contributed by atoms with Gasteiger partial charge in [0.15, 0.2) is 5.96 Å². The first-order valence-corrected chi connectivity index (χ1v) is 9.88. The second-order valence-electron chi connectivity index (χ2n) is 7.02. The predicted molar refractivity (Wildman–Crippen MR) is 110 cm³/mol. The van der Waals surface area contributed by atoms with Crippen LogP contribution in [0.3, 0.4) is 0 Å². The number of benzene rings is 1. The van der Waals surface area contributed by atoms with E-state index in [4.69, 9.17) is 9.47 Å². The summed E-state index contributed by atoms with van der Waals surface area (Å²) in [5, 5.41) is 21.8. The maximum atomic E-state index is 10.6. The van der Waals surface area contributed by atoms with Crippen molar-refractivity contribution in [2.45, 2.75) is 45.4 Å². The van der Waals surface area contributed by atoms with Crippen LogP contribution in [0.25, 0.3) is 0 Å². The van der Waals surface area contributed by atoms with Crippen LogP contribution < -0.4 is 20.1 Å². The lowest BCUT2D eigenvalue weighted by molar-refractivity contribution is 0.186. The first-order valence-electron chi connectivity index (χ1n) is 9.88. The lowest BCUT2D eigenvalue weighted by Crippen LogP contribution is -2.47. The van der Waals surface area contributed by atoms with Gasteiger partial charge in [-0.05, 0) is 38.0 Å². The second-order valence-corrected chi connectivity index (χ2v) is 7.02. The van der Waals surface area contributed by atoms with E-state index in [-0.39, 0.29) is 12.6 Å². The van der Waals surface area contributed by atoms with Crippen LogP contribution in [0.1, 0.15) is 36.7 Å². The molecule has 3 rings (SSSR count). The molecule has 1 aromatic heterocycles. The number of fused-ring (bicyclic) bond motifs is 1. The third kappa shape index (κ3) is 5.38. The van der Waals surface area contributed by atoms with E-state index in [0.29, 0.717) is 23.0 Å². The molecule has 0 radical (unpaired) electrons. The van der Waals surface area contributed by atoms with Gasteiger partial charge in [-0.3, -0.25) is 4.99 Å². The van der Waals surface area contributed by atoms with Gasteiger partial charge in [0.1, 0.15) is 23.1 Å². The van der Waals surface area contributed by atoms with Crippen LogP contribution in [-0.2, 0) is 13.0 Å². The van der Waals surface area contributed by atoms with Crippen LogP contribution >= 0.6 is 0 Å². The summed E-state index contributed by atoms with van der Waals surface area (Å²) < 4.78 is 12.5. The molecule has 3 N–H and O–H groups in total. The lowest BCUT2D eigenvalue weighted by Gasteiger charge is -2.25. The SMILES string of the molecule is CCNC(=NCC(O)c1cc(OC)cc(OC)c1)NC1CCc2nc(C)nn2C1. The van der Waals surface area contributed by atoms with Crippen molar-refractivity contribution in [1.29, 1.82) is 0 Å². The Morgan fingerprint density at radius 1 is 1.31 bits per heavy atom. The van der Waals surface area contributed by atoms with E-state index >= 15 is 0 Å². The maximum absolute atomic E-state index is 10.6. The number of nitrogens with one attached hydrogen (secondary N) is 2. The molecule has 1 aromatic carbocycles. The van der Waals surface area contributed by atoms with Crippen LogP contribution in [0.4, 0.5) is 0 Å². The Bertz CT molecular complexity index is 828. The van der Waals surface area contributed by atoms with E-state index < -0.39 is 6.10 Å². The highest BCUT2D eigenvalue weighted by atomic mass is 16.5. The Kier molecular flexibility index (Phi) is 6.92. The van der Waals surface area contributed by atoms with E-state index in [1.807, 2.05) is 18.5 Å². The molecule has 2 heterocycles. The van der Waals surface area contributed by atoms with Crippen LogP contribution in [0, 0.1) is 6.92 Å². The molecule has 0 aliphatic carbocycles. The Morgan fingerprint density at radius 2 is 2.03 bits per heavy atom. The average Bonchev–Trinajstić information content (AvgIpc) is 3.10. The largest absolute Gasteiger partial charge is 0.497 e. The average molecular weight is 402 g/mol. The van der Waals surface area contributed by atoms with Crippen LogP contribution in [0.5, 0.6) is 11.5 Å². The van der Waals surface area contributed by atoms with Crippen molar-refractivity contribution in [1.82, 2.24) is 25.4 Å². The third-order valence-corrected chi connectivity index (χ3v) is 4.83. The molecule has 0 amide bonds. The topological polar surface area (TPSA) is 106 Å².